The lowest BCUT2D eigenvalue weighted by atomic mass is 10.5. The van der Waals surface area contributed by atoms with Crippen LogP contribution in [-0.2, 0) is 24.0 Å². The van der Waals surface area contributed by atoms with Crippen LogP contribution in [-0.4, -0.2) is 113 Å². The third-order valence-electron chi connectivity index (χ3n) is 1.73. The minimum Gasteiger partial charge on any atom is -0.854 e. The summed E-state index contributed by atoms with van der Waals surface area (Å²) in [7, 11) is 3.59. The number of hydrogen-bond acceptors (Lipinski definition) is 12. The molecule has 0 fully saturated rings. The van der Waals surface area contributed by atoms with Crippen LogP contribution in [0.4, 0.5) is 0 Å². The van der Waals surface area contributed by atoms with E-state index >= 15 is 0 Å². The Balaban J connectivity index is -0.0000000342. The zero-order valence-electron chi connectivity index (χ0n) is 22.6. The van der Waals surface area contributed by atoms with Crippen molar-refractivity contribution in [2.75, 3.05) is 75.0 Å². The van der Waals surface area contributed by atoms with E-state index in [9.17, 15) is 27.5 Å². The van der Waals surface area contributed by atoms with E-state index in [4.69, 9.17) is 21.3 Å². The van der Waals surface area contributed by atoms with Gasteiger partial charge in [-0.05, 0) is 42.0 Å². The zero-order valence-corrected chi connectivity index (χ0v) is 23.3. The average Bonchev–Trinajstić information content (AvgIpc) is 2.68. The SMILES string of the molecule is C.C.CC(=O)[O-].CCC[O-].CCS(=O)(=O)[O-].CC[N+](C)(C)C.CN.O=P([O-])(O)OCO.[2H]CN(C)C. The summed E-state index contributed by atoms with van der Waals surface area (Å²) >= 11 is 0. The smallest absolute Gasteiger partial charge is 0.267 e. The van der Waals surface area contributed by atoms with Crippen molar-refractivity contribution >= 4 is 23.9 Å². The minimum atomic E-state index is -4.67. The van der Waals surface area contributed by atoms with Crippen molar-refractivity contribution in [3.05, 3.63) is 0 Å². The first-order chi connectivity index (χ1) is 15.1. The molecule has 0 aliphatic rings. The van der Waals surface area contributed by atoms with Crippen molar-refractivity contribution < 1.29 is 57.8 Å². The molecule has 0 heterocycles. The predicted molar refractivity (Wildman–Crippen MR) is 136 cm³/mol. The van der Waals surface area contributed by atoms with Crippen LogP contribution >= 0.6 is 7.82 Å². The summed E-state index contributed by atoms with van der Waals surface area (Å²) < 4.78 is 48.8. The van der Waals surface area contributed by atoms with E-state index in [1.807, 2.05) is 21.0 Å². The van der Waals surface area contributed by atoms with Crippen LogP contribution in [0, 0.1) is 0 Å². The van der Waals surface area contributed by atoms with Crippen LogP contribution < -0.4 is 20.8 Å². The molecule has 0 aromatic rings. The zero-order chi connectivity index (χ0) is 29.6. The summed E-state index contributed by atoms with van der Waals surface area (Å²) in [5, 5.41) is 25.8. The molecule has 4 N–H and O–H groups in total. The van der Waals surface area contributed by atoms with Crippen LogP contribution in [0.2, 0.25) is 0 Å². The number of nitrogens with zero attached hydrogens (tertiary/aromatic N) is 2. The van der Waals surface area contributed by atoms with Gasteiger partial charge in [-0.15, -0.1) is 6.61 Å². The second-order valence-electron chi connectivity index (χ2n) is 6.46. The quantitative estimate of drug-likeness (QED) is 0.145. The maximum absolute atomic E-state index is 9.44. The number of hydrogen-bond donors (Lipinski definition) is 3. The summed E-state index contributed by atoms with van der Waals surface area (Å²) in [5.41, 5.74) is 4.50. The number of quaternary nitrogens is 1. The molecular formula is C19H55N3O11PS-3. The van der Waals surface area contributed by atoms with Gasteiger partial charge in [0.05, 0.1) is 37.8 Å². The number of rotatable bonds is 5. The molecule has 0 bridgehead atoms. The van der Waals surface area contributed by atoms with Crippen molar-refractivity contribution in [3.8, 4) is 0 Å². The third kappa shape index (κ3) is 308. The van der Waals surface area contributed by atoms with E-state index in [1.165, 1.54) is 20.5 Å². The lowest BCUT2D eigenvalue weighted by Crippen LogP contribution is -2.33. The average molecular weight is 566 g/mol. The topological polar surface area (TPSA) is 239 Å². The van der Waals surface area contributed by atoms with Crippen LogP contribution in [0.1, 0.15) is 50.3 Å². The Morgan fingerprint density at radius 2 is 1.37 bits per heavy atom. The highest BCUT2D eigenvalue weighted by molar-refractivity contribution is 7.85. The van der Waals surface area contributed by atoms with Gasteiger partial charge >= 0.3 is 0 Å². The van der Waals surface area contributed by atoms with Gasteiger partial charge in [0.15, 0.2) is 6.79 Å². The lowest BCUT2D eigenvalue weighted by Gasteiger charge is -2.20. The first-order valence-corrected chi connectivity index (χ1v) is 12.5. The maximum atomic E-state index is 9.44. The molecule has 0 aliphatic heterocycles. The summed E-state index contributed by atoms with van der Waals surface area (Å²) in [6.07, 6.45) is 0.764. The van der Waals surface area contributed by atoms with Gasteiger partial charge in [0.2, 0.25) is 0 Å². The van der Waals surface area contributed by atoms with Gasteiger partial charge in [-0.1, -0.05) is 35.1 Å². The summed E-state index contributed by atoms with van der Waals surface area (Å²) in [4.78, 5) is 27.7. The summed E-state index contributed by atoms with van der Waals surface area (Å²) in [5.74, 6) is -1.40. The first kappa shape index (κ1) is 55.0. The van der Waals surface area contributed by atoms with Gasteiger partial charge in [0.1, 0.15) is 0 Å². The largest absolute Gasteiger partial charge is 0.854 e. The molecule has 0 spiro atoms. The van der Waals surface area contributed by atoms with E-state index in [1.54, 1.807) is 4.90 Å². The fourth-order valence-electron chi connectivity index (χ4n) is 0.0730. The molecule has 0 aromatic carbocycles. The van der Waals surface area contributed by atoms with Crippen molar-refractivity contribution in [3.63, 3.8) is 0 Å². The Kier molecular flexibility index (Phi) is 63.6. The predicted octanol–water partition coefficient (Wildman–Crippen LogP) is -1.78. The van der Waals surface area contributed by atoms with Crippen LogP contribution in [0.25, 0.3) is 0 Å². The first-order valence-electron chi connectivity index (χ1n) is 10.1. The molecule has 226 valence electrons. The fraction of sp³-hybridized carbons (Fsp3) is 0.947. The minimum absolute atomic E-state index is 0. The van der Waals surface area contributed by atoms with Crippen LogP contribution in [0.15, 0.2) is 0 Å². The number of nitrogens with two attached hydrogens (primary N) is 1. The Morgan fingerprint density at radius 3 is 1.37 bits per heavy atom. The number of aliphatic hydroxyl groups excluding tert-OH is 1. The Bertz CT molecular complexity index is 525. The molecule has 0 amide bonds. The van der Waals surface area contributed by atoms with E-state index < -0.39 is 30.7 Å². The van der Waals surface area contributed by atoms with E-state index in [0.717, 1.165) is 17.8 Å². The second kappa shape index (κ2) is 40.5. The molecule has 1 atom stereocenters. The molecule has 14 nitrogen and oxygen atoms in total. The number of carboxylic acid groups (broad SMARTS) is 1. The van der Waals surface area contributed by atoms with Gasteiger partial charge in [-0.2, -0.15) is 0 Å². The number of carboxylic acids is 1. The molecule has 1 unspecified atom stereocenters. The highest BCUT2D eigenvalue weighted by Gasteiger charge is 1.97. The molecule has 0 aromatic heterocycles. The van der Waals surface area contributed by atoms with Gasteiger partial charge in [-0.25, -0.2) is 8.42 Å². The highest BCUT2D eigenvalue weighted by Crippen LogP contribution is 2.28. The van der Waals surface area contributed by atoms with Crippen molar-refractivity contribution in [2.24, 2.45) is 5.73 Å². The normalized spacial score (nSPS) is 10.9. The van der Waals surface area contributed by atoms with Gasteiger partial charge in [0.25, 0.3) is 7.82 Å². The van der Waals surface area contributed by atoms with Gasteiger partial charge in [0, 0.05) is 13.1 Å². The Labute approximate surface area is 216 Å². The van der Waals surface area contributed by atoms with Crippen LogP contribution in [0.3, 0.4) is 0 Å². The third-order valence-corrected chi connectivity index (χ3v) is 2.88. The van der Waals surface area contributed by atoms with Crippen molar-refractivity contribution in [2.45, 2.75) is 49.0 Å². The number of aliphatic hydroxyl groups is 1. The molecule has 0 saturated heterocycles. The monoisotopic (exact) mass is 565 g/mol. The molecular weight excluding hydrogens is 509 g/mol. The molecule has 0 radical (unpaired) electrons. The number of phosphoric ester groups is 1. The standard InChI is InChI=1S/C5H14N.C3H9N.C3H7O.C2H6O3S.C2H4O2.CH5N.CH5O5P.2CH4/c1-5-6(2,3)4;1-4(2)3;1-2-3-4;1-2-6(3,4)5;1-2(3)4;1-2;2-1-6-7(3,4)5;;/h5H2,1-4H3;1-3H3;2-3H2,1H3;2H2,1H3,(H,3,4,5);1H3,(H,3,4);2H2,1H3;2H,1H2,(H2,3,4,5);2*1H4/q+1;;-1;;;;;;/p-3/i;1D;;;;;;;. The summed E-state index contributed by atoms with van der Waals surface area (Å²) in [6, 6.07) is 0. The highest BCUT2D eigenvalue weighted by atomic mass is 32.2. The number of carbonyl (C=O) groups excluding carboxylic acids is 1. The number of phosphoric acid groups is 1. The Hall–Kier alpha value is -0.710. The fourth-order valence-corrected chi connectivity index (χ4v) is 0.219. The molecule has 16 heteroatoms. The molecule has 0 aliphatic carbocycles. The van der Waals surface area contributed by atoms with E-state index in [-0.39, 0.29) is 27.2 Å². The van der Waals surface area contributed by atoms with Gasteiger partial charge < -0.3 is 49.6 Å². The summed E-state index contributed by atoms with van der Waals surface area (Å²) in [6.45, 7) is 6.59. The molecule has 0 saturated carbocycles. The number of aliphatic carboxylic acids is 1. The molecule has 35 heavy (non-hydrogen) atoms. The van der Waals surface area contributed by atoms with Gasteiger partial charge in [-0.3, -0.25) is 9.09 Å². The second-order valence-corrected chi connectivity index (χ2v) is 9.34. The Morgan fingerprint density at radius 1 is 1.17 bits per heavy atom. The van der Waals surface area contributed by atoms with E-state index in [2.05, 4.69) is 38.3 Å². The lowest BCUT2D eigenvalue weighted by molar-refractivity contribution is -0.868. The van der Waals surface area contributed by atoms with Crippen LogP contribution in [0.5, 0.6) is 0 Å². The molecule has 0 rings (SSSR count). The van der Waals surface area contributed by atoms with Crippen molar-refractivity contribution in [1.29, 1.82) is 0 Å². The van der Waals surface area contributed by atoms with E-state index in [0.29, 0.717) is 7.02 Å². The maximum Gasteiger partial charge on any atom is 0.267 e. The van der Waals surface area contributed by atoms with Crippen molar-refractivity contribution in [1.82, 2.24) is 4.90 Å². The number of carbonyl (C=O) groups is 1.